The quantitative estimate of drug-likeness (QED) is 0.799. The lowest BCUT2D eigenvalue weighted by molar-refractivity contribution is 0.882. The maximum atomic E-state index is 9.22. The summed E-state index contributed by atoms with van der Waals surface area (Å²) in [5.74, 6) is 0. The van der Waals surface area contributed by atoms with Crippen LogP contribution < -0.4 is 0 Å². The summed E-state index contributed by atoms with van der Waals surface area (Å²) in [6.07, 6.45) is 8.65. The van der Waals surface area contributed by atoms with Gasteiger partial charge in [-0.15, -0.1) is 11.8 Å². The summed E-state index contributed by atoms with van der Waals surface area (Å²) in [4.78, 5) is 4.73. The minimum absolute atomic E-state index is 0.689. The molecule has 2 aliphatic carbocycles. The van der Waals surface area contributed by atoms with E-state index in [2.05, 4.69) is 12.1 Å². The van der Waals surface area contributed by atoms with Crippen LogP contribution in [0.3, 0.4) is 0 Å². The number of hydrogen-bond donors (Lipinski definition) is 0. The SMILES string of the molecule is N#Cc1cc2c(nc1SC1CCCC1)CCC2. The van der Waals surface area contributed by atoms with Gasteiger partial charge in [-0.2, -0.15) is 5.26 Å². The Balaban J connectivity index is 1.89. The monoisotopic (exact) mass is 244 g/mol. The van der Waals surface area contributed by atoms with Gasteiger partial charge in [0, 0.05) is 10.9 Å². The van der Waals surface area contributed by atoms with Crippen molar-refractivity contribution in [2.24, 2.45) is 0 Å². The first kappa shape index (κ1) is 11.1. The van der Waals surface area contributed by atoms with Gasteiger partial charge in [-0.1, -0.05) is 12.8 Å². The first-order valence-corrected chi connectivity index (χ1v) is 7.34. The van der Waals surface area contributed by atoms with Gasteiger partial charge in [0.15, 0.2) is 0 Å². The van der Waals surface area contributed by atoms with Gasteiger partial charge in [0.2, 0.25) is 0 Å². The van der Waals surface area contributed by atoms with Crippen LogP contribution in [0.1, 0.15) is 48.9 Å². The average Bonchev–Trinajstić information content (AvgIpc) is 2.98. The molecular formula is C14H16N2S. The van der Waals surface area contributed by atoms with Crippen LogP contribution in [0.2, 0.25) is 0 Å². The van der Waals surface area contributed by atoms with Crippen LogP contribution in [0.25, 0.3) is 0 Å². The molecule has 1 heterocycles. The van der Waals surface area contributed by atoms with E-state index in [4.69, 9.17) is 4.98 Å². The van der Waals surface area contributed by atoms with E-state index < -0.39 is 0 Å². The molecule has 1 saturated carbocycles. The highest BCUT2D eigenvalue weighted by molar-refractivity contribution is 7.99. The second kappa shape index (κ2) is 4.70. The van der Waals surface area contributed by atoms with E-state index in [1.807, 2.05) is 11.8 Å². The van der Waals surface area contributed by atoms with Crippen molar-refractivity contribution in [3.05, 3.63) is 22.9 Å². The Morgan fingerprint density at radius 1 is 1.24 bits per heavy atom. The van der Waals surface area contributed by atoms with Crippen LogP contribution >= 0.6 is 11.8 Å². The van der Waals surface area contributed by atoms with Crippen LogP contribution in [0.15, 0.2) is 11.1 Å². The van der Waals surface area contributed by atoms with Gasteiger partial charge < -0.3 is 0 Å². The van der Waals surface area contributed by atoms with Gasteiger partial charge in [0.1, 0.15) is 11.1 Å². The molecule has 88 valence electrons. The number of hydrogen-bond acceptors (Lipinski definition) is 3. The summed E-state index contributed by atoms with van der Waals surface area (Å²) in [7, 11) is 0. The number of aryl methyl sites for hydroxylation is 2. The first-order valence-electron chi connectivity index (χ1n) is 6.46. The van der Waals surface area contributed by atoms with E-state index in [1.165, 1.54) is 43.4 Å². The first-order chi connectivity index (χ1) is 8.36. The molecule has 0 amide bonds. The van der Waals surface area contributed by atoms with E-state index in [-0.39, 0.29) is 0 Å². The maximum Gasteiger partial charge on any atom is 0.114 e. The van der Waals surface area contributed by atoms with Crippen LogP contribution in [0.4, 0.5) is 0 Å². The maximum absolute atomic E-state index is 9.22. The third kappa shape index (κ3) is 2.19. The Morgan fingerprint density at radius 3 is 2.82 bits per heavy atom. The molecule has 3 heteroatoms. The Morgan fingerprint density at radius 2 is 2.06 bits per heavy atom. The van der Waals surface area contributed by atoms with Crippen LogP contribution in [0, 0.1) is 11.3 Å². The summed E-state index contributed by atoms with van der Waals surface area (Å²) in [5, 5.41) is 10.9. The topological polar surface area (TPSA) is 36.7 Å². The fourth-order valence-electron chi connectivity index (χ4n) is 2.79. The highest BCUT2D eigenvalue weighted by atomic mass is 32.2. The van der Waals surface area contributed by atoms with E-state index >= 15 is 0 Å². The van der Waals surface area contributed by atoms with Gasteiger partial charge in [-0.25, -0.2) is 4.98 Å². The molecule has 1 fully saturated rings. The molecule has 1 aromatic heterocycles. The standard InChI is InChI=1S/C14H16N2S/c15-9-11-8-10-4-3-7-13(10)16-14(11)17-12-5-1-2-6-12/h8,12H,1-7H2. The highest BCUT2D eigenvalue weighted by Crippen LogP contribution is 2.36. The molecule has 2 nitrogen and oxygen atoms in total. The zero-order valence-electron chi connectivity index (χ0n) is 9.91. The number of nitrogens with zero attached hydrogens (tertiary/aromatic N) is 2. The zero-order chi connectivity index (χ0) is 11.7. The number of rotatable bonds is 2. The molecule has 1 aromatic rings. The molecule has 0 atom stereocenters. The molecule has 0 radical (unpaired) electrons. The lowest BCUT2D eigenvalue weighted by Crippen LogP contribution is -2.00. The van der Waals surface area contributed by atoms with Crippen molar-refractivity contribution in [3.63, 3.8) is 0 Å². The number of aromatic nitrogens is 1. The molecule has 0 bridgehead atoms. The Kier molecular flexibility index (Phi) is 3.07. The van der Waals surface area contributed by atoms with Crippen molar-refractivity contribution in [1.29, 1.82) is 5.26 Å². The summed E-state index contributed by atoms with van der Waals surface area (Å²) in [5.41, 5.74) is 3.34. The van der Waals surface area contributed by atoms with E-state index in [1.54, 1.807) is 0 Å². The number of thioether (sulfide) groups is 1. The summed E-state index contributed by atoms with van der Waals surface area (Å²) in [6, 6.07) is 4.39. The van der Waals surface area contributed by atoms with E-state index in [9.17, 15) is 5.26 Å². The van der Waals surface area contributed by atoms with Gasteiger partial charge in [0.25, 0.3) is 0 Å². The smallest absolute Gasteiger partial charge is 0.114 e. The molecule has 17 heavy (non-hydrogen) atoms. The van der Waals surface area contributed by atoms with Crippen molar-refractivity contribution in [2.45, 2.75) is 55.2 Å². The Labute approximate surface area is 106 Å². The van der Waals surface area contributed by atoms with Crippen LogP contribution in [-0.2, 0) is 12.8 Å². The normalized spacial score (nSPS) is 19.2. The van der Waals surface area contributed by atoms with Gasteiger partial charge in [0.05, 0.1) is 5.56 Å². The fourth-order valence-corrected chi connectivity index (χ4v) is 4.07. The molecule has 0 unspecified atom stereocenters. The van der Waals surface area contributed by atoms with Gasteiger partial charge >= 0.3 is 0 Å². The second-order valence-corrected chi connectivity index (χ2v) is 6.23. The Hall–Kier alpha value is -1.01. The molecule has 0 spiro atoms. The lowest BCUT2D eigenvalue weighted by Gasteiger charge is -2.10. The largest absolute Gasteiger partial charge is 0.245 e. The minimum atomic E-state index is 0.689. The van der Waals surface area contributed by atoms with Crippen LogP contribution in [-0.4, -0.2) is 10.2 Å². The molecule has 2 aliphatic rings. The van der Waals surface area contributed by atoms with Crippen molar-refractivity contribution in [3.8, 4) is 6.07 Å². The Bertz CT molecular complexity index is 470. The molecule has 3 rings (SSSR count). The summed E-state index contributed by atoms with van der Waals surface area (Å²) < 4.78 is 0. The van der Waals surface area contributed by atoms with E-state index in [0.29, 0.717) is 5.25 Å². The number of fused-ring (bicyclic) bond motifs is 1. The molecule has 0 aliphatic heterocycles. The zero-order valence-corrected chi connectivity index (χ0v) is 10.7. The fraction of sp³-hybridized carbons (Fsp3) is 0.571. The van der Waals surface area contributed by atoms with Crippen molar-refractivity contribution < 1.29 is 0 Å². The minimum Gasteiger partial charge on any atom is -0.245 e. The third-order valence-electron chi connectivity index (χ3n) is 3.72. The molecule has 0 aromatic carbocycles. The summed E-state index contributed by atoms with van der Waals surface area (Å²) >= 11 is 1.83. The third-order valence-corrected chi connectivity index (χ3v) is 5.06. The number of pyridine rings is 1. The highest BCUT2D eigenvalue weighted by Gasteiger charge is 2.21. The predicted octanol–water partition coefficient (Wildman–Crippen LogP) is 3.48. The van der Waals surface area contributed by atoms with E-state index in [0.717, 1.165) is 23.4 Å². The van der Waals surface area contributed by atoms with Crippen LogP contribution in [0.5, 0.6) is 0 Å². The molecule has 0 saturated heterocycles. The van der Waals surface area contributed by atoms with Gasteiger partial charge in [-0.05, 0) is 43.7 Å². The van der Waals surface area contributed by atoms with Crippen molar-refractivity contribution in [1.82, 2.24) is 4.98 Å². The average molecular weight is 244 g/mol. The van der Waals surface area contributed by atoms with Crippen molar-refractivity contribution >= 4 is 11.8 Å². The lowest BCUT2D eigenvalue weighted by atomic mass is 10.2. The van der Waals surface area contributed by atoms with Gasteiger partial charge in [-0.3, -0.25) is 0 Å². The summed E-state index contributed by atoms with van der Waals surface area (Å²) in [6.45, 7) is 0. The predicted molar refractivity (Wildman–Crippen MR) is 69.1 cm³/mol. The molecule has 0 N–H and O–H groups in total. The molecular weight excluding hydrogens is 228 g/mol. The number of nitriles is 1. The second-order valence-electron chi connectivity index (χ2n) is 4.94. The van der Waals surface area contributed by atoms with Crippen molar-refractivity contribution in [2.75, 3.05) is 0 Å².